The number of imidazole rings is 1. The first-order valence-corrected chi connectivity index (χ1v) is 5.60. The second-order valence-corrected chi connectivity index (χ2v) is 4.29. The fourth-order valence-electron chi connectivity index (χ4n) is 1.78. The normalized spacial score (nSPS) is 10.8. The number of nitrogens with zero attached hydrogens (tertiary/aromatic N) is 3. The van der Waals surface area contributed by atoms with Crippen molar-refractivity contribution in [3.63, 3.8) is 0 Å². The summed E-state index contributed by atoms with van der Waals surface area (Å²) in [6.07, 6.45) is 0.305. The molecule has 0 aliphatic carbocycles. The lowest BCUT2D eigenvalue weighted by atomic mass is 10.3. The summed E-state index contributed by atoms with van der Waals surface area (Å²) >= 11 is 0. The van der Waals surface area contributed by atoms with E-state index in [-0.39, 0.29) is 11.7 Å². The SMILES string of the molecule is CN(C)C(=O)CCn1c(N)nc2ccc(F)cc21. The van der Waals surface area contributed by atoms with E-state index in [1.807, 2.05) is 0 Å². The predicted octanol–water partition coefficient (Wildman–Crippen LogP) is 1.24. The van der Waals surface area contributed by atoms with Crippen molar-refractivity contribution in [2.24, 2.45) is 0 Å². The molecule has 0 aliphatic rings. The molecule has 0 saturated carbocycles. The highest BCUT2D eigenvalue weighted by Gasteiger charge is 2.11. The minimum absolute atomic E-state index is 0.00680. The van der Waals surface area contributed by atoms with Crippen LogP contribution in [0.1, 0.15) is 6.42 Å². The van der Waals surface area contributed by atoms with Gasteiger partial charge in [-0.1, -0.05) is 0 Å². The van der Waals surface area contributed by atoms with Crippen LogP contribution in [0.4, 0.5) is 10.3 Å². The highest BCUT2D eigenvalue weighted by Crippen LogP contribution is 2.19. The van der Waals surface area contributed by atoms with Crippen LogP contribution in [0.25, 0.3) is 11.0 Å². The number of hydrogen-bond acceptors (Lipinski definition) is 3. The standard InChI is InChI=1S/C12H15FN4O/c1-16(2)11(18)5-6-17-10-7-8(13)3-4-9(10)15-12(17)14/h3-4,7H,5-6H2,1-2H3,(H2,14,15). The molecule has 1 heterocycles. The lowest BCUT2D eigenvalue weighted by Crippen LogP contribution is -2.23. The van der Waals surface area contributed by atoms with Crippen LogP contribution in [0.2, 0.25) is 0 Å². The van der Waals surface area contributed by atoms with Gasteiger partial charge >= 0.3 is 0 Å². The lowest BCUT2D eigenvalue weighted by Gasteiger charge is -2.11. The van der Waals surface area contributed by atoms with E-state index in [1.54, 1.807) is 24.7 Å². The average molecular weight is 250 g/mol. The maximum Gasteiger partial charge on any atom is 0.223 e. The van der Waals surface area contributed by atoms with Crippen LogP contribution in [0, 0.1) is 5.82 Å². The Kier molecular flexibility index (Phi) is 3.18. The van der Waals surface area contributed by atoms with E-state index >= 15 is 0 Å². The summed E-state index contributed by atoms with van der Waals surface area (Å²) in [6, 6.07) is 4.29. The number of benzene rings is 1. The topological polar surface area (TPSA) is 64.2 Å². The molecule has 2 rings (SSSR count). The highest BCUT2D eigenvalue weighted by molar-refractivity contribution is 5.79. The van der Waals surface area contributed by atoms with Gasteiger partial charge in [-0.05, 0) is 18.2 Å². The minimum Gasteiger partial charge on any atom is -0.369 e. The maximum atomic E-state index is 13.2. The van der Waals surface area contributed by atoms with Crippen LogP contribution in [-0.2, 0) is 11.3 Å². The van der Waals surface area contributed by atoms with Crippen LogP contribution in [0.5, 0.6) is 0 Å². The first-order valence-electron chi connectivity index (χ1n) is 5.60. The van der Waals surface area contributed by atoms with Crippen molar-refractivity contribution in [2.45, 2.75) is 13.0 Å². The largest absolute Gasteiger partial charge is 0.369 e. The summed E-state index contributed by atoms with van der Waals surface area (Å²) < 4.78 is 14.8. The molecule has 0 aliphatic heterocycles. The number of aryl methyl sites for hydroxylation is 1. The van der Waals surface area contributed by atoms with Gasteiger partial charge in [0.25, 0.3) is 0 Å². The first-order chi connectivity index (χ1) is 8.49. The molecule has 5 nitrogen and oxygen atoms in total. The zero-order valence-electron chi connectivity index (χ0n) is 10.4. The second kappa shape index (κ2) is 4.64. The third-order valence-electron chi connectivity index (χ3n) is 2.79. The van der Waals surface area contributed by atoms with Gasteiger partial charge < -0.3 is 15.2 Å². The number of rotatable bonds is 3. The molecule has 1 aromatic carbocycles. The Balaban J connectivity index is 2.29. The Morgan fingerprint density at radius 3 is 2.89 bits per heavy atom. The van der Waals surface area contributed by atoms with Crippen molar-refractivity contribution in [1.82, 2.24) is 14.5 Å². The molecule has 96 valence electrons. The average Bonchev–Trinajstić information content (AvgIpc) is 2.61. The van der Waals surface area contributed by atoms with Crippen LogP contribution >= 0.6 is 0 Å². The number of fused-ring (bicyclic) bond motifs is 1. The Bertz CT molecular complexity index is 591. The Morgan fingerprint density at radius 1 is 1.50 bits per heavy atom. The van der Waals surface area contributed by atoms with Gasteiger partial charge in [0.1, 0.15) is 5.82 Å². The van der Waals surface area contributed by atoms with E-state index in [2.05, 4.69) is 4.98 Å². The predicted molar refractivity (Wildman–Crippen MR) is 67.4 cm³/mol. The van der Waals surface area contributed by atoms with Crippen LogP contribution in [0.15, 0.2) is 18.2 Å². The van der Waals surface area contributed by atoms with Crippen molar-refractivity contribution < 1.29 is 9.18 Å². The molecule has 2 aromatic rings. The fourth-order valence-corrected chi connectivity index (χ4v) is 1.78. The van der Waals surface area contributed by atoms with Gasteiger partial charge in [-0.25, -0.2) is 9.37 Å². The van der Waals surface area contributed by atoms with Crippen molar-refractivity contribution in [3.05, 3.63) is 24.0 Å². The van der Waals surface area contributed by atoms with Crippen molar-refractivity contribution in [2.75, 3.05) is 19.8 Å². The Labute approximate surface area is 104 Å². The van der Waals surface area contributed by atoms with E-state index in [0.717, 1.165) is 0 Å². The molecule has 2 N–H and O–H groups in total. The molecule has 0 unspecified atom stereocenters. The van der Waals surface area contributed by atoms with E-state index in [0.29, 0.717) is 29.9 Å². The van der Waals surface area contributed by atoms with Crippen LogP contribution in [0.3, 0.4) is 0 Å². The van der Waals surface area contributed by atoms with Crippen LogP contribution in [-0.4, -0.2) is 34.5 Å². The summed E-state index contributed by atoms with van der Waals surface area (Å²) in [4.78, 5) is 17.2. The van der Waals surface area contributed by atoms with Gasteiger partial charge in [0.05, 0.1) is 11.0 Å². The molecular formula is C12H15FN4O. The number of aromatic nitrogens is 2. The number of nitrogen functional groups attached to an aromatic ring is 1. The summed E-state index contributed by atoms with van der Waals surface area (Å²) in [5, 5.41) is 0. The fraction of sp³-hybridized carbons (Fsp3) is 0.333. The molecule has 1 aromatic heterocycles. The minimum atomic E-state index is -0.345. The molecule has 0 radical (unpaired) electrons. The van der Waals surface area contributed by atoms with E-state index in [9.17, 15) is 9.18 Å². The molecule has 0 bridgehead atoms. The number of amides is 1. The van der Waals surface area contributed by atoms with Crippen molar-refractivity contribution in [1.29, 1.82) is 0 Å². The zero-order chi connectivity index (χ0) is 13.3. The third-order valence-corrected chi connectivity index (χ3v) is 2.79. The lowest BCUT2D eigenvalue weighted by molar-refractivity contribution is -0.128. The molecule has 18 heavy (non-hydrogen) atoms. The van der Waals surface area contributed by atoms with Crippen molar-refractivity contribution >= 4 is 22.9 Å². The second-order valence-electron chi connectivity index (χ2n) is 4.29. The Morgan fingerprint density at radius 2 is 2.22 bits per heavy atom. The van der Waals surface area contributed by atoms with Gasteiger partial charge in [-0.2, -0.15) is 0 Å². The van der Waals surface area contributed by atoms with E-state index in [1.165, 1.54) is 17.0 Å². The number of hydrogen-bond donors (Lipinski definition) is 1. The number of nitrogens with two attached hydrogens (primary N) is 1. The molecule has 6 heteroatoms. The summed E-state index contributed by atoms with van der Waals surface area (Å²) in [6.45, 7) is 0.392. The molecular weight excluding hydrogens is 235 g/mol. The van der Waals surface area contributed by atoms with E-state index < -0.39 is 0 Å². The number of carbonyl (C=O) groups is 1. The molecule has 0 fully saturated rings. The number of halogens is 1. The number of carbonyl (C=O) groups excluding carboxylic acids is 1. The van der Waals surface area contributed by atoms with Crippen LogP contribution < -0.4 is 5.73 Å². The summed E-state index contributed by atoms with van der Waals surface area (Å²) in [7, 11) is 3.38. The first kappa shape index (κ1) is 12.3. The van der Waals surface area contributed by atoms with Crippen molar-refractivity contribution in [3.8, 4) is 0 Å². The van der Waals surface area contributed by atoms with Gasteiger partial charge in [-0.3, -0.25) is 4.79 Å². The molecule has 0 spiro atoms. The number of anilines is 1. The summed E-state index contributed by atoms with van der Waals surface area (Å²) in [5.41, 5.74) is 7.01. The monoisotopic (exact) mass is 250 g/mol. The highest BCUT2D eigenvalue weighted by atomic mass is 19.1. The van der Waals surface area contributed by atoms with Gasteiger partial charge in [0.15, 0.2) is 0 Å². The third kappa shape index (κ3) is 2.27. The molecule has 1 amide bonds. The quantitative estimate of drug-likeness (QED) is 0.891. The summed E-state index contributed by atoms with van der Waals surface area (Å²) in [5.74, 6) is -0.0580. The van der Waals surface area contributed by atoms with Gasteiger partial charge in [-0.15, -0.1) is 0 Å². The van der Waals surface area contributed by atoms with Gasteiger partial charge in [0.2, 0.25) is 11.9 Å². The maximum absolute atomic E-state index is 13.2. The molecule has 0 saturated heterocycles. The smallest absolute Gasteiger partial charge is 0.223 e. The molecule has 0 atom stereocenters. The van der Waals surface area contributed by atoms with E-state index in [4.69, 9.17) is 5.73 Å². The zero-order valence-corrected chi connectivity index (χ0v) is 10.4. The Hall–Kier alpha value is -2.11. The van der Waals surface area contributed by atoms with Gasteiger partial charge in [0, 0.05) is 27.1 Å².